The Morgan fingerprint density at radius 3 is 2.31 bits per heavy atom. The summed E-state index contributed by atoms with van der Waals surface area (Å²) >= 11 is 7.25. The van der Waals surface area contributed by atoms with Crippen molar-refractivity contribution in [1.82, 2.24) is 0 Å². The Morgan fingerprint density at radius 1 is 1.09 bits per heavy atom. The van der Waals surface area contributed by atoms with Gasteiger partial charge in [-0.05, 0) is 57.0 Å². The lowest BCUT2D eigenvalue weighted by Gasteiger charge is -2.12. The molecule has 10 heteroatoms. The first-order valence-corrected chi connectivity index (χ1v) is 12.0. The highest BCUT2D eigenvalue weighted by Crippen LogP contribution is 2.37. The van der Waals surface area contributed by atoms with Crippen LogP contribution in [-0.4, -0.2) is 44.7 Å². The van der Waals surface area contributed by atoms with Crippen molar-refractivity contribution >= 4 is 46.7 Å². The van der Waals surface area contributed by atoms with Crippen LogP contribution in [0.3, 0.4) is 0 Å². The zero-order valence-electron chi connectivity index (χ0n) is 20.2. The van der Waals surface area contributed by atoms with Crippen molar-refractivity contribution in [3.8, 4) is 17.6 Å². The lowest BCUT2D eigenvalue weighted by molar-refractivity contribution is -0.114. The third kappa shape index (κ3) is 6.62. The summed E-state index contributed by atoms with van der Waals surface area (Å²) in [5, 5.41) is 9.93. The Bertz CT molecular complexity index is 1190. The summed E-state index contributed by atoms with van der Waals surface area (Å²) in [5.74, 6) is -1.07. The number of ether oxygens (including phenoxy) is 4. The molecule has 0 aliphatic heterocycles. The number of ketones is 1. The molecule has 186 valence electrons. The SMILES string of the molecule is CCOC(=O)c1sc(CC(=O)/C(C#N)=C/c2cc(Cl)c(OC)c(OCC)c2)c(C(=O)OCC)c1C. The molecular formula is C25H26ClNO7S. The van der Waals surface area contributed by atoms with Crippen molar-refractivity contribution in [2.75, 3.05) is 26.9 Å². The molecule has 0 atom stereocenters. The molecule has 0 aliphatic carbocycles. The highest BCUT2D eigenvalue weighted by molar-refractivity contribution is 7.14. The molecule has 0 aliphatic rings. The number of allylic oxidation sites excluding steroid dienone is 1. The molecule has 1 aromatic carbocycles. The van der Waals surface area contributed by atoms with Crippen molar-refractivity contribution in [1.29, 1.82) is 5.26 Å². The van der Waals surface area contributed by atoms with E-state index in [1.54, 1.807) is 39.8 Å². The minimum Gasteiger partial charge on any atom is -0.491 e. The number of nitriles is 1. The number of hydrogen-bond donors (Lipinski definition) is 0. The normalized spacial score (nSPS) is 10.9. The van der Waals surface area contributed by atoms with E-state index in [1.807, 2.05) is 6.07 Å². The van der Waals surface area contributed by atoms with Crippen molar-refractivity contribution in [3.63, 3.8) is 0 Å². The van der Waals surface area contributed by atoms with Gasteiger partial charge < -0.3 is 18.9 Å². The standard InChI is InChI=1S/C25H26ClNO7S/c1-6-32-19-11-15(10-17(26)22(19)31-5)9-16(13-27)18(28)12-20-21(24(29)33-7-2)14(4)23(35-20)25(30)34-8-3/h9-11H,6-8,12H2,1-5H3/b16-9+. The molecule has 0 unspecified atom stereocenters. The summed E-state index contributed by atoms with van der Waals surface area (Å²) in [7, 11) is 1.46. The number of hydrogen-bond acceptors (Lipinski definition) is 9. The van der Waals surface area contributed by atoms with Gasteiger partial charge in [-0.15, -0.1) is 11.3 Å². The number of nitrogens with zero attached hydrogens (tertiary/aromatic N) is 1. The van der Waals surface area contributed by atoms with Crippen molar-refractivity contribution in [3.05, 3.63) is 49.2 Å². The molecule has 0 amide bonds. The first-order chi connectivity index (χ1) is 16.7. The molecule has 0 spiro atoms. The van der Waals surface area contributed by atoms with E-state index in [1.165, 1.54) is 13.2 Å². The van der Waals surface area contributed by atoms with Gasteiger partial charge >= 0.3 is 11.9 Å². The molecule has 1 heterocycles. The quantitative estimate of drug-likeness (QED) is 0.226. The molecule has 0 radical (unpaired) electrons. The van der Waals surface area contributed by atoms with Crippen LogP contribution in [-0.2, 0) is 20.7 Å². The fourth-order valence-corrected chi connectivity index (χ4v) is 4.76. The van der Waals surface area contributed by atoms with Crippen molar-refractivity contribution in [2.24, 2.45) is 0 Å². The van der Waals surface area contributed by atoms with Gasteiger partial charge in [-0.1, -0.05) is 11.6 Å². The number of benzene rings is 1. The van der Waals surface area contributed by atoms with Crippen LogP contribution in [0, 0.1) is 18.3 Å². The summed E-state index contributed by atoms with van der Waals surface area (Å²) in [5.41, 5.74) is 0.814. The largest absolute Gasteiger partial charge is 0.491 e. The van der Waals surface area contributed by atoms with Gasteiger partial charge in [0.15, 0.2) is 17.3 Å². The van der Waals surface area contributed by atoms with Crippen molar-refractivity contribution < 1.29 is 33.3 Å². The van der Waals surface area contributed by atoms with Gasteiger partial charge in [0, 0.05) is 11.3 Å². The third-order valence-electron chi connectivity index (χ3n) is 4.75. The van der Waals surface area contributed by atoms with Gasteiger partial charge in [0.05, 0.1) is 43.1 Å². The Balaban J connectivity index is 2.48. The third-order valence-corrected chi connectivity index (χ3v) is 6.30. The van der Waals surface area contributed by atoms with Crippen LogP contribution in [0.1, 0.15) is 56.8 Å². The van der Waals surface area contributed by atoms with Crippen LogP contribution in [0.5, 0.6) is 11.5 Å². The van der Waals surface area contributed by atoms with E-state index in [9.17, 15) is 19.6 Å². The highest BCUT2D eigenvalue weighted by atomic mass is 35.5. The Kier molecular flexibility index (Phi) is 10.3. The first kappa shape index (κ1) is 27.9. The maximum absolute atomic E-state index is 13.1. The highest BCUT2D eigenvalue weighted by Gasteiger charge is 2.28. The minimum absolute atomic E-state index is 0.125. The van der Waals surface area contributed by atoms with E-state index < -0.39 is 17.7 Å². The summed E-state index contributed by atoms with van der Waals surface area (Å²) in [6.45, 7) is 7.37. The van der Waals surface area contributed by atoms with Gasteiger partial charge in [0.2, 0.25) is 0 Å². The number of methoxy groups -OCH3 is 1. The van der Waals surface area contributed by atoms with E-state index in [0.29, 0.717) is 34.1 Å². The number of rotatable bonds is 11. The predicted octanol–water partition coefficient (Wildman–Crippen LogP) is 5.19. The lowest BCUT2D eigenvalue weighted by Crippen LogP contribution is -2.12. The summed E-state index contributed by atoms with van der Waals surface area (Å²) in [6.07, 6.45) is 1.10. The minimum atomic E-state index is -0.648. The smallest absolute Gasteiger partial charge is 0.348 e. The number of halogens is 1. The topological polar surface area (TPSA) is 112 Å². The van der Waals surface area contributed by atoms with Crippen LogP contribution >= 0.6 is 22.9 Å². The predicted molar refractivity (Wildman–Crippen MR) is 132 cm³/mol. The molecule has 0 saturated heterocycles. The second kappa shape index (κ2) is 12.9. The summed E-state index contributed by atoms with van der Waals surface area (Å²) < 4.78 is 21.0. The Labute approximate surface area is 213 Å². The first-order valence-electron chi connectivity index (χ1n) is 10.8. The zero-order chi connectivity index (χ0) is 26.1. The number of carbonyl (C=O) groups excluding carboxylic acids is 3. The van der Waals surface area contributed by atoms with Crippen molar-refractivity contribution in [2.45, 2.75) is 34.1 Å². The molecule has 35 heavy (non-hydrogen) atoms. The molecule has 1 aromatic heterocycles. The maximum Gasteiger partial charge on any atom is 0.348 e. The maximum atomic E-state index is 13.1. The average Bonchev–Trinajstić information content (AvgIpc) is 3.13. The fourth-order valence-electron chi connectivity index (χ4n) is 3.27. The second-order valence-electron chi connectivity index (χ2n) is 7.03. The Hall–Kier alpha value is -3.35. The van der Waals surface area contributed by atoms with E-state index in [0.717, 1.165) is 11.3 Å². The lowest BCUT2D eigenvalue weighted by atomic mass is 10.0. The molecule has 2 rings (SSSR count). The van der Waals surface area contributed by atoms with Crippen LogP contribution in [0.4, 0.5) is 0 Å². The summed E-state index contributed by atoms with van der Waals surface area (Å²) in [4.78, 5) is 38.5. The van der Waals surface area contributed by atoms with Gasteiger partial charge in [0.1, 0.15) is 10.9 Å². The van der Waals surface area contributed by atoms with Crippen LogP contribution < -0.4 is 9.47 Å². The molecule has 8 nitrogen and oxygen atoms in total. The van der Waals surface area contributed by atoms with E-state index in [2.05, 4.69) is 0 Å². The van der Waals surface area contributed by atoms with E-state index in [4.69, 9.17) is 30.5 Å². The molecule has 0 saturated carbocycles. The molecular weight excluding hydrogens is 494 g/mol. The number of thiophene rings is 1. The van der Waals surface area contributed by atoms with Crippen LogP contribution in [0.2, 0.25) is 5.02 Å². The zero-order valence-corrected chi connectivity index (χ0v) is 21.7. The summed E-state index contributed by atoms with van der Waals surface area (Å²) in [6, 6.07) is 5.06. The fraction of sp³-hybridized carbons (Fsp3) is 0.360. The van der Waals surface area contributed by atoms with Gasteiger partial charge in [-0.25, -0.2) is 9.59 Å². The second-order valence-corrected chi connectivity index (χ2v) is 8.54. The molecule has 0 N–H and O–H groups in total. The average molecular weight is 520 g/mol. The van der Waals surface area contributed by atoms with Gasteiger partial charge in [0.25, 0.3) is 0 Å². The monoisotopic (exact) mass is 519 g/mol. The Morgan fingerprint density at radius 2 is 1.74 bits per heavy atom. The molecule has 2 aromatic rings. The van der Waals surface area contributed by atoms with Gasteiger partial charge in [-0.3, -0.25) is 4.79 Å². The number of carbonyl (C=O) groups is 3. The van der Waals surface area contributed by atoms with E-state index in [-0.39, 0.29) is 40.7 Å². The molecule has 0 bridgehead atoms. The van der Waals surface area contributed by atoms with Gasteiger partial charge in [-0.2, -0.15) is 5.26 Å². The van der Waals surface area contributed by atoms with Crippen LogP contribution in [0.15, 0.2) is 17.7 Å². The number of esters is 2. The number of Topliss-reactive ketones (excluding diaryl/α,β-unsaturated/α-hetero) is 1. The molecule has 0 fully saturated rings. The van der Waals surface area contributed by atoms with Crippen LogP contribution in [0.25, 0.3) is 6.08 Å². The van der Waals surface area contributed by atoms with E-state index >= 15 is 0 Å².